The van der Waals surface area contributed by atoms with Crippen molar-refractivity contribution in [3.05, 3.63) is 52.3 Å². The minimum absolute atomic E-state index is 0.200. The Morgan fingerprint density at radius 1 is 1.19 bits per heavy atom. The van der Waals surface area contributed by atoms with E-state index in [9.17, 15) is 10.1 Å². The summed E-state index contributed by atoms with van der Waals surface area (Å²) < 4.78 is 11.1. The van der Waals surface area contributed by atoms with Crippen molar-refractivity contribution < 1.29 is 9.47 Å². The molecule has 1 aliphatic carbocycles. The molecule has 1 aliphatic heterocycles. The molecule has 0 aromatic carbocycles. The zero-order chi connectivity index (χ0) is 29.4. The van der Waals surface area contributed by atoms with Crippen molar-refractivity contribution in [2.24, 2.45) is 5.41 Å². The van der Waals surface area contributed by atoms with Crippen LogP contribution in [0.3, 0.4) is 0 Å². The van der Waals surface area contributed by atoms with Crippen LogP contribution in [0.4, 0.5) is 11.6 Å². The number of anilines is 2. The van der Waals surface area contributed by atoms with Gasteiger partial charge in [-0.2, -0.15) is 10.4 Å². The molecule has 224 valence electrons. The highest BCUT2D eigenvalue weighted by atomic mass is 16.5. The molecule has 1 atom stereocenters. The van der Waals surface area contributed by atoms with Crippen LogP contribution in [0.5, 0.6) is 0 Å². The summed E-state index contributed by atoms with van der Waals surface area (Å²) in [5.74, 6) is 2.13. The quantitative estimate of drug-likeness (QED) is 0.216. The number of nitrogens with one attached hydrogen (secondary N) is 5. The molecule has 1 saturated heterocycles. The van der Waals surface area contributed by atoms with E-state index in [1.807, 2.05) is 24.4 Å². The van der Waals surface area contributed by atoms with E-state index in [2.05, 4.69) is 62.1 Å². The highest BCUT2D eigenvalue weighted by Gasteiger charge is 2.32. The molecule has 0 spiro atoms. The summed E-state index contributed by atoms with van der Waals surface area (Å²) in [6.45, 7) is 6.79. The molecule has 12 heteroatoms. The van der Waals surface area contributed by atoms with Gasteiger partial charge < -0.3 is 25.4 Å². The molecule has 3 aromatic heterocycles. The predicted octanol–water partition coefficient (Wildman–Crippen LogP) is 3.51. The number of aromatic nitrogens is 5. The first kappa shape index (κ1) is 29.7. The molecule has 1 saturated carbocycles. The van der Waals surface area contributed by atoms with Crippen molar-refractivity contribution in [2.75, 3.05) is 37.0 Å². The Morgan fingerprint density at radius 2 is 1.98 bits per heavy atom. The fourth-order valence-electron chi connectivity index (χ4n) is 5.68. The molecule has 5 N–H and O–H groups in total. The van der Waals surface area contributed by atoms with Gasteiger partial charge in [0.15, 0.2) is 5.82 Å². The molecule has 0 amide bonds. The number of hydrogen-bond acceptors (Lipinski definition) is 10. The van der Waals surface area contributed by atoms with Gasteiger partial charge in [-0.3, -0.25) is 4.98 Å². The SMILES string of the molecule is Cc1cnc(NC2CCC(N[C@@H](C)COCc3n[nH]c(=O)[nH]3)CC2)cc1-c1cccc(NCC2(C#N)CCOCC2)n1. The second-order valence-corrected chi connectivity index (χ2v) is 11.6. The maximum absolute atomic E-state index is 11.1. The number of aromatic amines is 2. The average molecular weight is 576 g/mol. The smallest absolute Gasteiger partial charge is 0.340 e. The van der Waals surface area contributed by atoms with E-state index in [1.165, 1.54) is 0 Å². The van der Waals surface area contributed by atoms with E-state index in [0.717, 1.165) is 67.0 Å². The predicted molar refractivity (Wildman–Crippen MR) is 160 cm³/mol. The molecule has 5 rings (SSSR count). The fraction of sp³-hybridized carbons (Fsp3) is 0.567. The normalized spacial score (nSPS) is 20.9. The molecule has 0 unspecified atom stereocenters. The van der Waals surface area contributed by atoms with Crippen molar-refractivity contribution in [2.45, 2.75) is 77.1 Å². The number of hydrogen-bond donors (Lipinski definition) is 5. The lowest BCUT2D eigenvalue weighted by Gasteiger charge is -2.32. The van der Waals surface area contributed by atoms with Crippen LogP contribution in [0.15, 0.2) is 35.3 Å². The van der Waals surface area contributed by atoms with Crippen molar-refractivity contribution in [3.63, 3.8) is 0 Å². The van der Waals surface area contributed by atoms with Crippen molar-refractivity contribution in [1.82, 2.24) is 30.5 Å². The summed E-state index contributed by atoms with van der Waals surface area (Å²) >= 11 is 0. The van der Waals surface area contributed by atoms with Crippen LogP contribution in [0, 0.1) is 23.7 Å². The Hall–Kier alpha value is -3.79. The maximum Gasteiger partial charge on any atom is 0.340 e. The fourth-order valence-corrected chi connectivity index (χ4v) is 5.68. The van der Waals surface area contributed by atoms with E-state index in [4.69, 9.17) is 14.5 Å². The van der Waals surface area contributed by atoms with Gasteiger partial charge in [0.25, 0.3) is 0 Å². The van der Waals surface area contributed by atoms with Gasteiger partial charge in [-0.05, 0) is 76.1 Å². The zero-order valence-corrected chi connectivity index (χ0v) is 24.4. The summed E-state index contributed by atoms with van der Waals surface area (Å²) in [4.78, 5) is 23.2. The zero-order valence-electron chi connectivity index (χ0n) is 24.4. The van der Waals surface area contributed by atoms with E-state index < -0.39 is 5.41 Å². The van der Waals surface area contributed by atoms with Crippen molar-refractivity contribution in [3.8, 4) is 17.3 Å². The molecule has 3 aromatic rings. The Morgan fingerprint density at radius 3 is 2.71 bits per heavy atom. The minimum atomic E-state index is -0.414. The van der Waals surface area contributed by atoms with Crippen LogP contribution in [-0.2, 0) is 16.1 Å². The Labute approximate surface area is 246 Å². The Bertz CT molecular complexity index is 1400. The molecule has 4 heterocycles. The molecule has 0 bridgehead atoms. The molecule has 2 fully saturated rings. The number of nitrogens with zero attached hydrogens (tertiary/aromatic N) is 4. The van der Waals surface area contributed by atoms with Gasteiger partial charge in [0.1, 0.15) is 18.2 Å². The lowest BCUT2D eigenvalue weighted by Crippen LogP contribution is -2.43. The first-order chi connectivity index (χ1) is 20.4. The number of H-pyrrole nitrogens is 2. The maximum atomic E-state index is 11.1. The standard InChI is InChI=1S/C30H41N9O3/c1-20-15-32-27(14-24(20)25-4-3-5-26(36-25)33-19-30(18-31)10-12-41-13-11-30)35-23-8-6-22(7-9-23)34-21(2)16-42-17-28-37-29(40)39-38-28/h3-5,14-15,21-23,34H,6-13,16-17,19H2,1-2H3,(H,32,35)(H,33,36)(H2,37,38,39,40)/t21-,22?,23?/m0/s1. The number of rotatable bonds is 12. The number of aryl methyl sites for hydroxylation is 1. The summed E-state index contributed by atoms with van der Waals surface area (Å²) in [7, 11) is 0. The number of nitriles is 1. The largest absolute Gasteiger partial charge is 0.381 e. The van der Waals surface area contributed by atoms with Crippen LogP contribution in [0.1, 0.15) is 56.8 Å². The summed E-state index contributed by atoms with van der Waals surface area (Å²) in [5.41, 5.74) is 2.25. The van der Waals surface area contributed by atoms with Gasteiger partial charge in [-0.15, -0.1) is 0 Å². The Balaban J connectivity index is 1.11. The third-order valence-electron chi connectivity index (χ3n) is 8.18. The second-order valence-electron chi connectivity index (χ2n) is 11.6. The van der Waals surface area contributed by atoms with E-state index in [1.54, 1.807) is 0 Å². The highest BCUT2D eigenvalue weighted by Crippen LogP contribution is 2.31. The van der Waals surface area contributed by atoms with Crippen LogP contribution >= 0.6 is 0 Å². The monoisotopic (exact) mass is 575 g/mol. The van der Waals surface area contributed by atoms with Gasteiger partial charge in [0.05, 0.1) is 23.8 Å². The van der Waals surface area contributed by atoms with Crippen molar-refractivity contribution in [1.29, 1.82) is 5.26 Å². The molecule has 0 radical (unpaired) electrons. The molecular weight excluding hydrogens is 534 g/mol. The van der Waals surface area contributed by atoms with Crippen LogP contribution < -0.4 is 21.6 Å². The van der Waals surface area contributed by atoms with Gasteiger partial charge >= 0.3 is 5.69 Å². The third kappa shape index (κ3) is 7.94. The van der Waals surface area contributed by atoms with E-state index in [0.29, 0.717) is 44.3 Å². The lowest BCUT2D eigenvalue weighted by atomic mass is 9.82. The summed E-state index contributed by atoms with van der Waals surface area (Å²) in [5, 5.41) is 26.7. The number of ether oxygens (including phenoxy) is 2. The van der Waals surface area contributed by atoms with Crippen LogP contribution in [0.25, 0.3) is 11.3 Å². The van der Waals surface area contributed by atoms with Gasteiger partial charge in [0, 0.05) is 49.6 Å². The second kappa shape index (κ2) is 13.9. The first-order valence-corrected chi connectivity index (χ1v) is 14.8. The average Bonchev–Trinajstić information content (AvgIpc) is 3.43. The van der Waals surface area contributed by atoms with E-state index in [-0.39, 0.29) is 18.3 Å². The minimum Gasteiger partial charge on any atom is -0.381 e. The molecule has 12 nitrogen and oxygen atoms in total. The third-order valence-corrected chi connectivity index (χ3v) is 8.18. The van der Waals surface area contributed by atoms with Gasteiger partial charge in [-0.25, -0.2) is 19.9 Å². The van der Waals surface area contributed by atoms with Gasteiger partial charge in [-0.1, -0.05) is 6.07 Å². The number of pyridine rings is 2. The first-order valence-electron chi connectivity index (χ1n) is 14.8. The Kier molecular flexibility index (Phi) is 9.84. The van der Waals surface area contributed by atoms with Gasteiger partial charge in [0.2, 0.25) is 0 Å². The topological polar surface area (TPSA) is 166 Å². The van der Waals surface area contributed by atoms with Crippen LogP contribution in [-0.4, -0.2) is 69.6 Å². The van der Waals surface area contributed by atoms with E-state index >= 15 is 0 Å². The van der Waals surface area contributed by atoms with Crippen molar-refractivity contribution >= 4 is 11.6 Å². The highest BCUT2D eigenvalue weighted by molar-refractivity contribution is 5.68. The summed E-state index contributed by atoms with van der Waals surface area (Å²) in [6, 6.07) is 11.6. The molecule has 42 heavy (non-hydrogen) atoms. The molecule has 2 aliphatic rings. The summed E-state index contributed by atoms with van der Waals surface area (Å²) in [6.07, 6.45) is 7.60. The lowest BCUT2D eigenvalue weighted by molar-refractivity contribution is 0.0455. The molecular formula is C30H41N9O3. The van der Waals surface area contributed by atoms with Crippen LogP contribution in [0.2, 0.25) is 0 Å².